The Bertz CT molecular complexity index is 706. The van der Waals surface area contributed by atoms with Crippen molar-refractivity contribution >= 4 is 17.5 Å². The van der Waals surface area contributed by atoms with Crippen molar-refractivity contribution < 1.29 is 18.7 Å². The minimum Gasteiger partial charge on any atom is -0.493 e. The first kappa shape index (κ1) is 17.1. The predicted molar refractivity (Wildman–Crippen MR) is 87.0 cm³/mol. The first-order chi connectivity index (χ1) is 11.0. The zero-order valence-electron chi connectivity index (χ0n) is 12.9. The van der Waals surface area contributed by atoms with E-state index in [9.17, 15) is 9.18 Å². The summed E-state index contributed by atoms with van der Waals surface area (Å²) in [5, 5.41) is 2.88. The van der Waals surface area contributed by atoms with Crippen LogP contribution in [0, 0.1) is 5.82 Å². The number of rotatable bonds is 6. The zero-order chi connectivity index (χ0) is 16.8. The molecule has 0 radical (unpaired) electrons. The molecule has 6 heteroatoms. The molecule has 0 atom stereocenters. The lowest BCUT2D eigenvalue weighted by molar-refractivity contribution is 0.0953. The van der Waals surface area contributed by atoms with E-state index in [1.165, 1.54) is 20.3 Å². The molecular weight excluding hydrogens is 321 g/mol. The van der Waals surface area contributed by atoms with Crippen LogP contribution in [-0.2, 0) is 6.42 Å². The second kappa shape index (κ2) is 7.83. The smallest absolute Gasteiger partial charge is 0.251 e. The van der Waals surface area contributed by atoms with Gasteiger partial charge >= 0.3 is 0 Å². The molecule has 122 valence electrons. The van der Waals surface area contributed by atoms with Crippen molar-refractivity contribution in [3.05, 3.63) is 58.4 Å². The maximum atomic E-state index is 13.1. The van der Waals surface area contributed by atoms with Crippen LogP contribution in [0.15, 0.2) is 36.4 Å². The fourth-order valence-corrected chi connectivity index (χ4v) is 2.30. The predicted octanol–water partition coefficient (Wildman–Crippen LogP) is 3.47. The molecule has 0 saturated carbocycles. The summed E-state index contributed by atoms with van der Waals surface area (Å²) >= 11 is 5.73. The highest BCUT2D eigenvalue weighted by Gasteiger charge is 2.10. The van der Waals surface area contributed by atoms with Gasteiger partial charge in [0, 0.05) is 12.1 Å². The van der Waals surface area contributed by atoms with Crippen LogP contribution in [0.25, 0.3) is 0 Å². The van der Waals surface area contributed by atoms with Gasteiger partial charge in [-0.15, -0.1) is 0 Å². The molecule has 0 bridgehead atoms. The van der Waals surface area contributed by atoms with Gasteiger partial charge in [0.05, 0.1) is 19.2 Å². The Morgan fingerprint density at radius 1 is 1.13 bits per heavy atom. The molecule has 0 aromatic heterocycles. The lowest BCUT2D eigenvalue weighted by Crippen LogP contribution is -2.25. The van der Waals surface area contributed by atoms with E-state index in [0.29, 0.717) is 30.0 Å². The lowest BCUT2D eigenvalue weighted by atomic mass is 10.1. The standard InChI is InChI=1S/C17H17ClFNO3/c1-22-15-6-4-12(10-16(15)23-2)17(21)20-8-7-11-3-5-14(19)13(18)9-11/h3-6,9-10H,7-8H2,1-2H3,(H,20,21). The highest BCUT2D eigenvalue weighted by molar-refractivity contribution is 6.30. The number of halogens is 2. The third-order valence-electron chi connectivity index (χ3n) is 3.33. The quantitative estimate of drug-likeness (QED) is 0.878. The molecule has 0 aliphatic carbocycles. The molecule has 0 heterocycles. The Labute approximate surface area is 139 Å². The number of ether oxygens (including phenoxy) is 2. The average Bonchev–Trinajstić information content (AvgIpc) is 2.57. The lowest BCUT2D eigenvalue weighted by Gasteiger charge is -2.10. The molecule has 0 unspecified atom stereocenters. The topological polar surface area (TPSA) is 47.6 Å². The zero-order valence-corrected chi connectivity index (χ0v) is 13.6. The molecule has 1 N–H and O–H groups in total. The number of nitrogens with one attached hydrogen (secondary N) is 1. The molecule has 1 amide bonds. The van der Waals surface area contributed by atoms with Gasteiger partial charge in [-0.05, 0) is 42.3 Å². The molecule has 23 heavy (non-hydrogen) atoms. The number of carbonyl (C=O) groups excluding carboxylic acids is 1. The first-order valence-electron chi connectivity index (χ1n) is 6.99. The monoisotopic (exact) mass is 337 g/mol. The van der Waals surface area contributed by atoms with Crippen molar-refractivity contribution in [3.63, 3.8) is 0 Å². The van der Waals surface area contributed by atoms with Crippen LogP contribution in [0.1, 0.15) is 15.9 Å². The van der Waals surface area contributed by atoms with Gasteiger partial charge in [0.25, 0.3) is 5.91 Å². The van der Waals surface area contributed by atoms with Gasteiger partial charge in [0.1, 0.15) is 5.82 Å². The Morgan fingerprint density at radius 3 is 2.52 bits per heavy atom. The molecule has 0 spiro atoms. The SMILES string of the molecule is COc1ccc(C(=O)NCCc2ccc(F)c(Cl)c2)cc1OC. The summed E-state index contributed by atoms with van der Waals surface area (Å²) in [6, 6.07) is 9.46. The highest BCUT2D eigenvalue weighted by Crippen LogP contribution is 2.27. The highest BCUT2D eigenvalue weighted by atomic mass is 35.5. The Hall–Kier alpha value is -2.27. The van der Waals surface area contributed by atoms with E-state index in [-0.39, 0.29) is 10.9 Å². The van der Waals surface area contributed by atoms with Gasteiger partial charge in [0.15, 0.2) is 11.5 Å². The van der Waals surface area contributed by atoms with Crippen molar-refractivity contribution in [2.45, 2.75) is 6.42 Å². The molecule has 0 saturated heterocycles. The molecule has 0 aliphatic rings. The van der Waals surface area contributed by atoms with Crippen LogP contribution in [0.4, 0.5) is 4.39 Å². The molecule has 4 nitrogen and oxygen atoms in total. The van der Waals surface area contributed by atoms with E-state index < -0.39 is 5.82 Å². The van der Waals surface area contributed by atoms with Crippen LogP contribution in [-0.4, -0.2) is 26.7 Å². The van der Waals surface area contributed by atoms with Gasteiger partial charge in [-0.2, -0.15) is 0 Å². The minimum absolute atomic E-state index is 0.0775. The van der Waals surface area contributed by atoms with Crippen LogP contribution in [0.2, 0.25) is 5.02 Å². The van der Waals surface area contributed by atoms with E-state index in [1.807, 2.05) is 0 Å². The number of benzene rings is 2. The Balaban J connectivity index is 1.95. The number of carbonyl (C=O) groups is 1. The summed E-state index contributed by atoms with van der Waals surface area (Å²) in [5.41, 5.74) is 1.32. The number of amides is 1. The van der Waals surface area contributed by atoms with E-state index in [0.717, 1.165) is 5.56 Å². The first-order valence-corrected chi connectivity index (χ1v) is 7.37. The van der Waals surface area contributed by atoms with Gasteiger partial charge in [-0.1, -0.05) is 17.7 Å². The Morgan fingerprint density at radius 2 is 1.87 bits per heavy atom. The summed E-state index contributed by atoms with van der Waals surface area (Å²) < 4.78 is 23.4. The summed E-state index contributed by atoms with van der Waals surface area (Å²) in [6.45, 7) is 0.412. The van der Waals surface area contributed by atoms with Crippen molar-refractivity contribution in [2.75, 3.05) is 20.8 Å². The molecule has 2 aromatic carbocycles. The van der Waals surface area contributed by atoms with Crippen molar-refractivity contribution in [2.24, 2.45) is 0 Å². The molecule has 2 rings (SSSR count). The maximum absolute atomic E-state index is 13.1. The van der Waals surface area contributed by atoms with Crippen molar-refractivity contribution in [1.82, 2.24) is 5.32 Å². The largest absolute Gasteiger partial charge is 0.493 e. The van der Waals surface area contributed by atoms with Crippen LogP contribution < -0.4 is 14.8 Å². The molecular formula is C17H17ClFNO3. The van der Waals surface area contributed by atoms with Crippen LogP contribution in [0.3, 0.4) is 0 Å². The molecule has 0 fully saturated rings. The summed E-state index contributed by atoms with van der Waals surface area (Å²) in [6.07, 6.45) is 0.555. The summed E-state index contributed by atoms with van der Waals surface area (Å²) in [5.74, 6) is 0.374. The molecule has 0 aliphatic heterocycles. The number of hydrogen-bond acceptors (Lipinski definition) is 3. The van der Waals surface area contributed by atoms with Gasteiger partial charge in [0.2, 0.25) is 0 Å². The normalized spacial score (nSPS) is 10.3. The van der Waals surface area contributed by atoms with E-state index >= 15 is 0 Å². The van der Waals surface area contributed by atoms with Crippen LogP contribution in [0.5, 0.6) is 11.5 Å². The number of hydrogen-bond donors (Lipinski definition) is 1. The van der Waals surface area contributed by atoms with Crippen molar-refractivity contribution in [1.29, 1.82) is 0 Å². The van der Waals surface area contributed by atoms with E-state index in [4.69, 9.17) is 21.1 Å². The fraction of sp³-hybridized carbons (Fsp3) is 0.235. The van der Waals surface area contributed by atoms with Gasteiger partial charge in [-0.25, -0.2) is 4.39 Å². The second-order valence-electron chi connectivity index (χ2n) is 4.82. The van der Waals surface area contributed by atoms with Crippen molar-refractivity contribution in [3.8, 4) is 11.5 Å². The van der Waals surface area contributed by atoms with Gasteiger partial charge < -0.3 is 14.8 Å². The Kier molecular flexibility index (Phi) is 5.82. The van der Waals surface area contributed by atoms with E-state index in [1.54, 1.807) is 30.3 Å². The summed E-state index contributed by atoms with van der Waals surface area (Å²) in [4.78, 5) is 12.1. The third-order valence-corrected chi connectivity index (χ3v) is 3.62. The number of methoxy groups -OCH3 is 2. The summed E-state index contributed by atoms with van der Waals surface area (Å²) in [7, 11) is 3.04. The average molecular weight is 338 g/mol. The van der Waals surface area contributed by atoms with E-state index in [2.05, 4.69) is 5.32 Å². The fourth-order valence-electron chi connectivity index (χ4n) is 2.10. The minimum atomic E-state index is -0.454. The third kappa shape index (κ3) is 4.36. The maximum Gasteiger partial charge on any atom is 0.251 e. The van der Waals surface area contributed by atoms with Crippen LogP contribution >= 0.6 is 11.6 Å². The molecule has 2 aromatic rings. The van der Waals surface area contributed by atoms with Gasteiger partial charge in [-0.3, -0.25) is 4.79 Å². The second-order valence-corrected chi connectivity index (χ2v) is 5.23.